The second kappa shape index (κ2) is 2.94. The number of carbonyl (C=O) groups excluding carboxylic acids is 1. The third kappa shape index (κ3) is 1.04. The van der Waals surface area contributed by atoms with Crippen LogP contribution in [-0.4, -0.2) is 49.1 Å². The largest absolute Gasteiger partial charge is 0.353 e. The number of piperidine rings is 3. The molecule has 0 radical (unpaired) electrons. The van der Waals surface area contributed by atoms with Crippen molar-refractivity contribution in [1.82, 2.24) is 15.5 Å². The van der Waals surface area contributed by atoms with Crippen molar-refractivity contribution in [2.45, 2.75) is 18.4 Å². The summed E-state index contributed by atoms with van der Waals surface area (Å²) in [7, 11) is 0. The molecule has 4 aliphatic rings. The fourth-order valence-electron chi connectivity index (χ4n) is 3.22. The Bertz CT molecular complexity index is 260. The molecule has 1 atom stereocenters. The number of hydrogen-bond acceptors (Lipinski definition) is 3. The van der Waals surface area contributed by atoms with Crippen molar-refractivity contribution in [3.63, 3.8) is 0 Å². The van der Waals surface area contributed by atoms with Crippen LogP contribution in [-0.2, 0) is 4.79 Å². The van der Waals surface area contributed by atoms with Crippen LogP contribution in [0.25, 0.3) is 0 Å². The Morgan fingerprint density at radius 2 is 2.07 bits per heavy atom. The van der Waals surface area contributed by atoms with Gasteiger partial charge < -0.3 is 15.5 Å². The molecule has 0 aromatic rings. The fourth-order valence-corrected chi connectivity index (χ4v) is 3.22. The molecule has 4 rings (SSSR count). The number of piperazine rings is 1. The number of nitrogens with zero attached hydrogens (tertiary/aromatic N) is 1. The van der Waals surface area contributed by atoms with Gasteiger partial charge in [0, 0.05) is 19.6 Å². The van der Waals surface area contributed by atoms with E-state index in [0.717, 1.165) is 19.6 Å². The predicted molar refractivity (Wildman–Crippen MR) is 52.9 cm³/mol. The van der Waals surface area contributed by atoms with Gasteiger partial charge in [-0.3, -0.25) is 4.79 Å². The fraction of sp³-hybridized carbons (Fsp3) is 0.900. The number of hydrogen-bond donors (Lipinski definition) is 2. The average Bonchev–Trinajstić information content (AvgIpc) is 2.24. The molecule has 78 valence electrons. The maximum atomic E-state index is 12.0. The lowest BCUT2D eigenvalue weighted by Crippen LogP contribution is -2.75. The van der Waals surface area contributed by atoms with Gasteiger partial charge in [0.05, 0.1) is 0 Å². The molecular weight excluding hydrogens is 178 g/mol. The van der Waals surface area contributed by atoms with Crippen molar-refractivity contribution in [2.24, 2.45) is 5.92 Å². The second-order valence-corrected chi connectivity index (χ2v) is 4.70. The molecule has 4 fully saturated rings. The number of amides is 1. The topological polar surface area (TPSA) is 44.4 Å². The van der Waals surface area contributed by atoms with Gasteiger partial charge in [-0.1, -0.05) is 0 Å². The highest BCUT2D eigenvalue weighted by Crippen LogP contribution is 2.36. The third-order valence-corrected chi connectivity index (χ3v) is 4.01. The van der Waals surface area contributed by atoms with Crippen LogP contribution in [0.3, 0.4) is 0 Å². The summed E-state index contributed by atoms with van der Waals surface area (Å²) >= 11 is 0. The van der Waals surface area contributed by atoms with Crippen molar-refractivity contribution in [3.05, 3.63) is 0 Å². The highest BCUT2D eigenvalue weighted by molar-refractivity contribution is 5.88. The van der Waals surface area contributed by atoms with E-state index in [1.165, 1.54) is 25.9 Å². The summed E-state index contributed by atoms with van der Waals surface area (Å²) in [4.78, 5) is 14.4. The summed E-state index contributed by atoms with van der Waals surface area (Å²) in [5.41, 5.74) is -0.241. The van der Waals surface area contributed by atoms with Crippen molar-refractivity contribution in [1.29, 1.82) is 0 Å². The van der Waals surface area contributed by atoms with Gasteiger partial charge in [-0.25, -0.2) is 0 Å². The molecule has 0 aliphatic carbocycles. The van der Waals surface area contributed by atoms with E-state index in [0.29, 0.717) is 5.92 Å². The van der Waals surface area contributed by atoms with Crippen LogP contribution in [0.1, 0.15) is 12.8 Å². The van der Waals surface area contributed by atoms with Crippen LogP contribution < -0.4 is 10.6 Å². The van der Waals surface area contributed by atoms with Gasteiger partial charge in [0.15, 0.2) is 0 Å². The van der Waals surface area contributed by atoms with Crippen LogP contribution >= 0.6 is 0 Å². The summed E-state index contributed by atoms with van der Waals surface area (Å²) in [6.07, 6.45) is 2.36. The maximum Gasteiger partial charge on any atom is 0.241 e. The Hall–Kier alpha value is -0.610. The van der Waals surface area contributed by atoms with Crippen molar-refractivity contribution < 1.29 is 4.79 Å². The highest BCUT2D eigenvalue weighted by atomic mass is 16.2. The Labute approximate surface area is 84.0 Å². The van der Waals surface area contributed by atoms with Gasteiger partial charge in [0.25, 0.3) is 0 Å². The van der Waals surface area contributed by atoms with E-state index >= 15 is 0 Å². The molecular formula is C10H17N3O. The van der Waals surface area contributed by atoms with Gasteiger partial charge in [0.1, 0.15) is 5.54 Å². The second-order valence-electron chi connectivity index (χ2n) is 4.70. The van der Waals surface area contributed by atoms with Crippen molar-refractivity contribution in [3.8, 4) is 0 Å². The highest BCUT2D eigenvalue weighted by Gasteiger charge is 2.52. The molecule has 0 saturated carbocycles. The third-order valence-electron chi connectivity index (χ3n) is 4.01. The molecule has 2 N–H and O–H groups in total. The molecule has 1 amide bonds. The van der Waals surface area contributed by atoms with E-state index in [4.69, 9.17) is 0 Å². The Balaban J connectivity index is 1.90. The minimum atomic E-state index is -0.241. The molecule has 14 heavy (non-hydrogen) atoms. The lowest BCUT2D eigenvalue weighted by molar-refractivity contribution is -0.138. The van der Waals surface area contributed by atoms with E-state index < -0.39 is 0 Å². The molecule has 4 heteroatoms. The molecule has 4 saturated heterocycles. The minimum Gasteiger partial charge on any atom is -0.353 e. The monoisotopic (exact) mass is 195 g/mol. The lowest BCUT2D eigenvalue weighted by Gasteiger charge is -2.53. The first kappa shape index (κ1) is 8.68. The summed E-state index contributed by atoms with van der Waals surface area (Å²) in [5, 5.41) is 6.46. The zero-order valence-electron chi connectivity index (χ0n) is 8.38. The van der Waals surface area contributed by atoms with E-state index in [1.54, 1.807) is 0 Å². The summed E-state index contributed by atoms with van der Waals surface area (Å²) in [6, 6.07) is 0. The van der Waals surface area contributed by atoms with Crippen LogP contribution in [0, 0.1) is 5.92 Å². The van der Waals surface area contributed by atoms with Crippen molar-refractivity contribution >= 4 is 5.91 Å². The van der Waals surface area contributed by atoms with Crippen LogP contribution in [0.15, 0.2) is 0 Å². The molecule has 1 unspecified atom stereocenters. The number of fused-ring (bicyclic) bond motifs is 2. The van der Waals surface area contributed by atoms with Crippen LogP contribution in [0.2, 0.25) is 0 Å². The molecule has 4 aliphatic heterocycles. The van der Waals surface area contributed by atoms with Crippen LogP contribution in [0.5, 0.6) is 0 Å². The Morgan fingerprint density at radius 1 is 1.29 bits per heavy atom. The standard InChI is InChI=1S/C10H17N3O/c14-9-10(12-4-3-11-9)7-13-5-1-8(10)2-6-13/h8,12H,1-7H2,(H,11,14). The smallest absolute Gasteiger partial charge is 0.241 e. The Morgan fingerprint density at radius 3 is 2.64 bits per heavy atom. The van der Waals surface area contributed by atoms with Crippen molar-refractivity contribution in [2.75, 3.05) is 32.7 Å². The van der Waals surface area contributed by atoms with E-state index in [9.17, 15) is 4.79 Å². The Kier molecular flexibility index (Phi) is 1.82. The van der Waals surface area contributed by atoms with Gasteiger partial charge in [-0.15, -0.1) is 0 Å². The van der Waals surface area contributed by atoms with E-state index in [1.807, 2.05) is 0 Å². The van der Waals surface area contributed by atoms with Gasteiger partial charge in [-0.05, 0) is 31.8 Å². The molecule has 0 aromatic carbocycles. The molecule has 2 bridgehead atoms. The van der Waals surface area contributed by atoms with E-state index in [-0.39, 0.29) is 11.4 Å². The SMILES string of the molecule is O=C1NCCNC12CN1CCC2CC1. The average molecular weight is 195 g/mol. The molecule has 0 aromatic heterocycles. The minimum absolute atomic E-state index is 0.234. The predicted octanol–water partition coefficient (Wildman–Crippen LogP) is -0.830. The molecule has 4 nitrogen and oxygen atoms in total. The van der Waals surface area contributed by atoms with Crippen LogP contribution in [0.4, 0.5) is 0 Å². The number of nitrogens with one attached hydrogen (secondary N) is 2. The maximum absolute atomic E-state index is 12.0. The lowest BCUT2D eigenvalue weighted by atomic mass is 9.71. The van der Waals surface area contributed by atoms with Gasteiger partial charge in [-0.2, -0.15) is 0 Å². The number of rotatable bonds is 0. The number of carbonyl (C=O) groups is 1. The van der Waals surface area contributed by atoms with Gasteiger partial charge in [0.2, 0.25) is 5.91 Å². The first-order valence-corrected chi connectivity index (χ1v) is 5.57. The first-order valence-electron chi connectivity index (χ1n) is 5.57. The molecule has 1 spiro atoms. The molecule has 4 heterocycles. The van der Waals surface area contributed by atoms with Gasteiger partial charge >= 0.3 is 0 Å². The quantitative estimate of drug-likeness (QED) is 0.530. The van der Waals surface area contributed by atoms with E-state index in [2.05, 4.69) is 15.5 Å². The first-order chi connectivity index (χ1) is 6.81. The summed E-state index contributed by atoms with van der Waals surface area (Å²) in [5.74, 6) is 0.797. The zero-order chi connectivity index (χ0) is 9.60. The normalized spacial score (nSPS) is 46.7. The summed E-state index contributed by atoms with van der Waals surface area (Å²) < 4.78 is 0. The summed E-state index contributed by atoms with van der Waals surface area (Å²) in [6.45, 7) is 5.00. The zero-order valence-corrected chi connectivity index (χ0v) is 8.38.